The zero-order valence-corrected chi connectivity index (χ0v) is 13.3. The Morgan fingerprint density at radius 3 is 2.71 bits per heavy atom. The highest BCUT2D eigenvalue weighted by Crippen LogP contribution is 2.29. The molecule has 0 saturated carbocycles. The smallest absolute Gasteiger partial charge is 0.251 e. The quantitative estimate of drug-likeness (QED) is 0.621. The van der Waals surface area contributed by atoms with Crippen LogP contribution in [0.5, 0.6) is 11.6 Å². The maximum atomic E-state index is 5.81. The maximum Gasteiger partial charge on any atom is 0.251 e. The highest BCUT2D eigenvalue weighted by atomic mass is 16.5. The molecular formula is C16H15N7O. The van der Waals surface area contributed by atoms with Crippen molar-refractivity contribution in [2.75, 3.05) is 0 Å². The first-order valence-electron chi connectivity index (χ1n) is 7.57. The number of fused-ring (bicyclic) bond motifs is 1. The molecule has 0 bridgehead atoms. The van der Waals surface area contributed by atoms with Crippen LogP contribution in [0.2, 0.25) is 0 Å². The second kappa shape index (κ2) is 5.73. The lowest BCUT2D eigenvalue weighted by Crippen LogP contribution is -2.00. The van der Waals surface area contributed by atoms with Crippen molar-refractivity contribution in [3.63, 3.8) is 0 Å². The molecular weight excluding hydrogens is 306 g/mol. The van der Waals surface area contributed by atoms with Crippen LogP contribution in [0.1, 0.15) is 12.7 Å². The van der Waals surface area contributed by atoms with Gasteiger partial charge in [-0.1, -0.05) is 0 Å². The van der Waals surface area contributed by atoms with Gasteiger partial charge in [-0.2, -0.15) is 4.98 Å². The van der Waals surface area contributed by atoms with Crippen LogP contribution in [0.4, 0.5) is 0 Å². The number of aryl methyl sites for hydroxylation is 2. The van der Waals surface area contributed by atoms with Crippen LogP contribution < -0.4 is 4.74 Å². The van der Waals surface area contributed by atoms with Gasteiger partial charge < -0.3 is 14.3 Å². The number of H-pyrrole nitrogens is 1. The van der Waals surface area contributed by atoms with Crippen LogP contribution in [0.15, 0.2) is 37.2 Å². The van der Waals surface area contributed by atoms with E-state index in [0.29, 0.717) is 35.2 Å². The molecule has 4 heterocycles. The number of ether oxygens (including phenoxy) is 1. The summed E-state index contributed by atoms with van der Waals surface area (Å²) in [5.74, 6) is 2.54. The van der Waals surface area contributed by atoms with E-state index in [2.05, 4.69) is 29.9 Å². The fourth-order valence-electron chi connectivity index (χ4n) is 2.50. The molecule has 0 unspecified atom stereocenters. The van der Waals surface area contributed by atoms with Crippen molar-refractivity contribution in [1.82, 2.24) is 34.5 Å². The zero-order valence-electron chi connectivity index (χ0n) is 13.3. The zero-order chi connectivity index (χ0) is 16.5. The fourth-order valence-corrected chi connectivity index (χ4v) is 2.50. The van der Waals surface area contributed by atoms with E-state index in [0.717, 1.165) is 11.4 Å². The maximum absolute atomic E-state index is 5.81. The lowest BCUT2D eigenvalue weighted by molar-refractivity contribution is 0.468. The average Bonchev–Trinajstić information content (AvgIpc) is 3.23. The summed E-state index contributed by atoms with van der Waals surface area (Å²) >= 11 is 0. The summed E-state index contributed by atoms with van der Waals surface area (Å²) < 4.78 is 7.81. The van der Waals surface area contributed by atoms with Gasteiger partial charge in [-0.15, -0.1) is 0 Å². The number of aromatic nitrogens is 7. The van der Waals surface area contributed by atoms with Gasteiger partial charge in [0.05, 0.1) is 5.56 Å². The van der Waals surface area contributed by atoms with E-state index >= 15 is 0 Å². The van der Waals surface area contributed by atoms with Crippen LogP contribution in [-0.4, -0.2) is 34.5 Å². The lowest BCUT2D eigenvalue weighted by atomic mass is 10.3. The van der Waals surface area contributed by atoms with Gasteiger partial charge in [0, 0.05) is 31.3 Å². The molecule has 0 spiro atoms. The molecule has 0 fully saturated rings. The van der Waals surface area contributed by atoms with Crippen LogP contribution in [0.25, 0.3) is 22.6 Å². The molecule has 0 radical (unpaired) electrons. The van der Waals surface area contributed by atoms with Crippen LogP contribution in [0.3, 0.4) is 0 Å². The first-order valence-corrected chi connectivity index (χ1v) is 7.57. The van der Waals surface area contributed by atoms with E-state index in [9.17, 15) is 0 Å². The monoisotopic (exact) mass is 321 g/mol. The number of nitrogens with zero attached hydrogens (tertiary/aromatic N) is 6. The molecule has 0 aliphatic rings. The van der Waals surface area contributed by atoms with E-state index in [1.54, 1.807) is 24.8 Å². The topological polar surface area (TPSA) is 94.4 Å². The number of nitrogens with one attached hydrogen (secondary N) is 1. The Morgan fingerprint density at radius 1 is 1.17 bits per heavy atom. The SMILES string of the molecule is CCn1c(-c2cnc(C)nc2)nc2c(Oc3cc[nH]c3)ncnc21. The van der Waals surface area contributed by atoms with Gasteiger partial charge >= 0.3 is 0 Å². The van der Waals surface area contributed by atoms with E-state index in [-0.39, 0.29) is 0 Å². The third-order valence-corrected chi connectivity index (χ3v) is 3.64. The second-order valence-electron chi connectivity index (χ2n) is 5.20. The Bertz CT molecular complexity index is 974. The molecule has 1 N–H and O–H groups in total. The first kappa shape index (κ1) is 14.3. The molecule has 8 heteroatoms. The highest BCUT2D eigenvalue weighted by molar-refractivity contribution is 5.81. The van der Waals surface area contributed by atoms with Crippen LogP contribution >= 0.6 is 0 Å². The third-order valence-electron chi connectivity index (χ3n) is 3.64. The average molecular weight is 321 g/mol. The summed E-state index contributed by atoms with van der Waals surface area (Å²) in [6.07, 6.45) is 8.53. The number of rotatable bonds is 4. The minimum absolute atomic E-state index is 0.418. The number of hydrogen-bond acceptors (Lipinski definition) is 6. The Balaban J connectivity index is 1.87. The number of hydrogen-bond donors (Lipinski definition) is 1. The molecule has 0 atom stereocenters. The van der Waals surface area contributed by atoms with Crippen LogP contribution in [-0.2, 0) is 6.54 Å². The van der Waals surface area contributed by atoms with Crippen molar-refractivity contribution < 1.29 is 4.74 Å². The molecule has 4 rings (SSSR count). The molecule has 4 aromatic heterocycles. The van der Waals surface area contributed by atoms with Crippen molar-refractivity contribution in [3.8, 4) is 23.0 Å². The molecule has 0 saturated heterocycles. The molecule has 0 aromatic carbocycles. The van der Waals surface area contributed by atoms with Gasteiger partial charge in [-0.05, 0) is 19.9 Å². The van der Waals surface area contributed by atoms with E-state index in [1.807, 2.05) is 24.5 Å². The Kier molecular flexibility index (Phi) is 3.42. The van der Waals surface area contributed by atoms with Gasteiger partial charge in [0.1, 0.15) is 23.7 Å². The predicted molar refractivity (Wildman–Crippen MR) is 87.6 cm³/mol. The van der Waals surface area contributed by atoms with E-state index in [1.165, 1.54) is 6.33 Å². The van der Waals surface area contributed by atoms with E-state index in [4.69, 9.17) is 4.74 Å². The molecule has 0 aliphatic heterocycles. The fraction of sp³-hybridized carbons (Fsp3) is 0.188. The van der Waals surface area contributed by atoms with Gasteiger partial charge in [0.15, 0.2) is 11.2 Å². The van der Waals surface area contributed by atoms with Gasteiger partial charge in [-0.3, -0.25) is 0 Å². The molecule has 4 aromatic rings. The van der Waals surface area contributed by atoms with Crippen molar-refractivity contribution >= 4 is 11.2 Å². The summed E-state index contributed by atoms with van der Waals surface area (Å²) in [4.78, 5) is 24.7. The number of aromatic amines is 1. The third kappa shape index (κ3) is 2.37. The van der Waals surface area contributed by atoms with Gasteiger partial charge in [0.25, 0.3) is 5.88 Å². The molecule has 0 aliphatic carbocycles. The van der Waals surface area contributed by atoms with E-state index < -0.39 is 0 Å². The minimum Gasteiger partial charge on any atom is -0.435 e. The second-order valence-corrected chi connectivity index (χ2v) is 5.20. The summed E-state index contributed by atoms with van der Waals surface area (Å²) in [6.45, 7) is 4.59. The molecule has 8 nitrogen and oxygen atoms in total. The molecule has 120 valence electrons. The van der Waals surface area contributed by atoms with Crippen molar-refractivity contribution in [1.29, 1.82) is 0 Å². The van der Waals surface area contributed by atoms with Crippen molar-refractivity contribution in [2.24, 2.45) is 0 Å². The largest absolute Gasteiger partial charge is 0.435 e. The lowest BCUT2D eigenvalue weighted by Gasteiger charge is -2.05. The Hall–Kier alpha value is -3.29. The van der Waals surface area contributed by atoms with Crippen molar-refractivity contribution in [2.45, 2.75) is 20.4 Å². The van der Waals surface area contributed by atoms with Gasteiger partial charge in [-0.25, -0.2) is 19.9 Å². The van der Waals surface area contributed by atoms with Gasteiger partial charge in [0.2, 0.25) is 0 Å². The standard InChI is InChI=1S/C16H15N7O/c1-3-23-14(11-6-18-10(2)19-7-11)22-13-15(23)20-9-21-16(13)24-12-4-5-17-8-12/h4-9,17H,3H2,1-2H3. The predicted octanol–water partition coefficient (Wildman–Crippen LogP) is 2.73. The summed E-state index contributed by atoms with van der Waals surface area (Å²) in [6, 6.07) is 1.82. The van der Waals surface area contributed by atoms with Crippen molar-refractivity contribution in [3.05, 3.63) is 43.0 Å². The number of imidazole rings is 1. The summed E-state index contributed by atoms with van der Waals surface area (Å²) in [7, 11) is 0. The van der Waals surface area contributed by atoms with Crippen LogP contribution in [0, 0.1) is 6.92 Å². The summed E-state index contributed by atoms with van der Waals surface area (Å²) in [5.41, 5.74) is 2.15. The Labute approximate surface area is 137 Å². The first-order chi connectivity index (χ1) is 11.8. The normalized spacial score (nSPS) is 11.1. The summed E-state index contributed by atoms with van der Waals surface area (Å²) in [5, 5.41) is 0. The minimum atomic E-state index is 0.418. The highest BCUT2D eigenvalue weighted by Gasteiger charge is 2.18. The molecule has 24 heavy (non-hydrogen) atoms. The Morgan fingerprint density at radius 2 is 2.00 bits per heavy atom. The molecule has 0 amide bonds.